The van der Waals surface area contributed by atoms with Gasteiger partial charge in [0.2, 0.25) is 0 Å². The molecule has 0 bridgehead atoms. The number of hydrazone groups is 1. The van der Waals surface area contributed by atoms with Crippen LogP contribution in [0.25, 0.3) is 0 Å². The van der Waals surface area contributed by atoms with Gasteiger partial charge in [0.25, 0.3) is 21.8 Å². The third-order valence-corrected chi connectivity index (χ3v) is 8.02. The molecule has 1 aliphatic rings. The number of carbonyl (C=O) groups is 2. The van der Waals surface area contributed by atoms with E-state index in [1.165, 1.54) is 24.4 Å². The summed E-state index contributed by atoms with van der Waals surface area (Å²) in [6.07, 6.45) is 1.42. The van der Waals surface area contributed by atoms with Gasteiger partial charge >= 0.3 is 0 Å². The molecule has 0 aromatic heterocycles. The van der Waals surface area contributed by atoms with Crippen molar-refractivity contribution in [3.8, 4) is 5.75 Å². The summed E-state index contributed by atoms with van der Waals surface area (Å²) in [6, 6.07) is 19.4. The smallest absolute Gasteiger partial charge is 0.264 e. The minimum atomic E-state index is -4.07. The minimum Gasteiger partial charge on any atom is -0.484 e. The number of amides is 2. The van der Waals surface area contributed by atoms with E-state index in [9.17, 15) is 18.0 Å². The van der Waals surface area contributed by atoms with E-state index in [-0.39, 0.29) is 23.1 Å². The summed E-state index contributed by atoms with van der Waals surface area (Å²) >= 11 is 6.10. The molecule has 2 amide bonds. The molecule has 0 radical (unpaired) electrons. The maximum Gasteiger partial charge on any atom is 0.264 e. The topological polar surface area (TPSA) is 118 Å². The summed E-state index contributed by atoms with van der Waals surface area (Å²) in [5, 5.41) is 4.28. The third-order valence-electron chi connectivity index (χ3n) is 6.00. The third kappa shape index (κ3) is 7.81. The molecule has 210 valence electrons. The van der Waals surface area contributed by atoms with Gasteiger partial charge in [0.15, 0.2) is 6.61 Å². The Kier molecular flexibility index (Phi) is 9.75. The SMILES string of the molecule is Cc1ccc(S(=O)(=O)N(CC(=O)N/N=C\c2ccc(OCC(=O)N3CCOCC3)cc2)c2cccc(Cl)c2)cc1. The van der Waals surface area contributed by atoms with Gasteiger partial charge in [-0.3, -0.25) is 13.9 Å². The first-order valence-corrected chi connectivity index (χ1v) is 14.3. The van der Waals surface area contributed by atoms with E-state index in [0.29, 0.717) is 42.6 Å². The lowest BCUT2D eigenvalue weighted by Crippen LogP contribution is -2.42. The van der Waals surface area contributed by atoms with Crippen LogP contribution in [0.3, 0.4) is 0 Å². The maximum atomic E-state index is 13.4. The maximum absolute atomic E-state index is 13.4. The predicted molar refractivity (Wildman–Crippen MR) is 152 cm³/mol. The Bertz CT molecular complexity index is 1460. The fraction of sp³-hybridized carbons (Fsp3) is 0.250. The Morgan fingerprint density at radius 3 is 2.45 bits per heavy atom. The Morgan fingerprint density at radius 2 is 1.77 bits per heavy atom. The summed E-state index contributed by atoms with van der Waals surface area (Å²) in [5.41, 5.74) is 4.18. The van der Waals surface area contributed by atoms with Crippen LogP contribution >= 0.6 is 11.6 Å². The zero-order valence-corrected chi connectivity index (χ0v) is 23.4. The molecule has 40 heavy (non-hydrogen) atoms. The second-order valence-electron chi connectivity index (χ2n) is 8.95. The van der Waals surface area contributed by atoms with Crippen LogP contribution in [-0.2, 0) is 24.3 Å². The van der Waals surface area contributed by atoms with Crippen LogP contribution in [0.4, 0.5) is 5.69 Å². The molecule has 1 aliphatic heterocycles. The number of hydrogen-bond donors (Lipinski definition) is 1. The Morgan fingerprint density at radius 1 is 1.07 bits per heavy atom. The average Bonchev–Trinajstić information content (AvgIpc) is 2.96. The van der Waals surface area contributed by atoms with Gasteiger partial charge in [0.05, 0.1) is 30.0 Å². The molecular formula is C28H29ClN4O6S. The van der Waals surface area contributed by atoms with Crippen LogP contribution in [0.5, 0.6) is 5.75 Å². The molecule has 0 unspecified atom stereocenters. The lowest BCUT2D eigenvalue weighted by atomic mass is 10.2. The molecule has 10 nitrogen and oxygen atoms in total. The van der Waals surface area contributed by atoms with Crippen molar-refractivity contribution in [1.82, 2.24) is 10.3 Å². The van der Waals surface area contributed by atoms with E-state index < -0.39 is 22.5 Å². The Hall–Kier alpha value is -3.93. The summed E-state index contributed by atoms with van der Waals surface area (Å²) < 4.78 is 38.7. The largest absolute Gasteiger partial charge is 0.484 e. The highest BCUT2D eigenvalue weighted by Gasteiger charge is 2.27. The van der Waals surface area contributed by atoms with E-state index in [1.54, 1.807) is 59.5 Å². The standard InChI is InChI=1S/C28H29ClN4O6S/c1-21-5-11-26(12-6-21)40(36,37)33(24-4-2-3-23(29)17-24)19-27(34)31-30-18-22-7-9-25(10-8-22)39-20-28(35)32-13-15-38-16-14-32/h2-12,17-18H,13-16,19-20H2,1H3,(H,31,34)/b30-18-. The van der Waals surface area contributed by atoms with Gasteiger partial charge in [-0.15, -0.1) is 0 Å². The van der Waals surface area contributed by atoms with E-state index in [0.717, 1.165) is 9.87 Å². The average molecular weight is 585 g/mol. The van der Waals surface area contributed by atoms with Crippen LogP contribution in [0.15, 0.2) is 82.8 Å². The molecular weight excluding hydrogens is 556 g/mol. The van der Waals surface area contributed by atoms with Crippen molar-refractivity contribution in [1.29, 1.82) is 0 Å². The van der Waals surface area contributed by atoms with Gasteiger partial charge in [-0.2, -0.15) is 5.10 Å². The number of ether oxygens (including phenoxy) is 2. The number of nitrogens with one attached hydrogen (secondary N) is 1. The van der Waals surface area contributed by atoms with Crippen molar-refractivity contribution in [2.24, 2.45) is 5.10 Å². The normalized spacial score (nSPS) is 13.7. The highest BCUT2D eigenvalue weighted by atomic mass is 35.5. The van der Waals surface area contributed by atoms with Crippen LogP contribution in [-0.4, -0.2) is 70.8 Å². The molecule has 1 fully saturated rings. The monoisotopic (exact) mass is 584 g/mol. The van der Waals surface area contributed by atoms with E-state index >= 15 is 0 Å². The van der Waals surface area contributed by atoms with Crippen molar-refractivity contribution in [2.75, 3.05) is 43.8 Å². The second kappa shape index (κ2) is 13.4. The fourth-order valence-electron chi connectivity index (χ4n) is 3.83. The van der Waals surface area contributed by atoms with Gasteiger partial charge in [-0.1, -0.05) is 35.4 Å². The highest BCUT2D eigenvalue weighted by molar-refractivity contribution is 7.92. The number of benzene rings is 3. The van der Waals surface area contributed by atoms with Gasteiger partial charge < -0.3 is 14.4 Å². The van der Waals surface area contributed by atoms with Gasteiger partial charge in [0, 0.05) is 18.1 Å². The molecule has 1 N–H and O–H groups in total. The van der Waals surface area contributed by atoms with Crippen molar-refractivity contribution in [2.45, 2.75) is 11.8 Å². The lowest BCUT2D eigenvalue weighted by Gasteiger charge is -2.26. The lowest BCUT2D eigenvalue weighted by molar-refractivity contribution is -0.137. The number of carbonyl (C=O) groups excluding carboxylic acids is 2. The van der Waals surface area contributed by atoms with Gasteiger partial charge in [-0.25, -0.2) is 13.8 Å². The number of aryl methyl sites for hydroxylation is 1. The van der Waals surface area contributed by atoms with E-state index in [2.05, 4.69) is 10.5 Å². The molecule has 0 atom stereocenters. The minimum absolute atomic E-state index is 0.0448. The van der Waals surface area contributed by atoms with Gasteiger partial charge in [-0.05, 0) is 67.1 Å². The molecule has 4 rings (SSSR count). The van der Waals surface area contributed by atoms with Crippen molar-refractivity contribution in [3.05, 3.63) is 88.9 Å². The number of nitrogens with zero attached hydrogens (tertiary/aromatic N) is 3. The van der Waals surface area contributed by atoms with Crippen molar-refractivity contribution in [3.63, 3.8) is 0 Å². The number of morpholine rings is 1. The van der Waals surface area contributed by atoms with Crippen molar-refractivity contribution >= 4 is 45.3 Å². The van der Waals surface area contributed by atoms with Crippen LogP contribution in [0, 0.1) is 6.92 Å². The summed E-state index contributed by atoms with van der Waals surface area (Å²) in [7, 11) is -4.07. The van der Waals surface area contributed by atoms with Crippen LogP contribution in [0.1, 0.15) is 11.1 Å². The summed E-state index contributed by atoms with van der Waals surface area (Å²) in [6.45, 7) is 3.42. The zero-order valence-electron chi connectivity index (χ0n) is 21.8. The number of halogens is 1. The van der Waals surface area contributed by atoms with E-state index in [4.69, 9.17) is 21.1 Å². The first kappa shape index (κ1) is 29.1. The van der Waals surface area contributed by atoms with E-state index in [1.807, 2.05) is 6.92 Å². The second-order valence-corrected chi connectivity index (χ2v) is 11.2. The molecule has 0 saturated carbocycles. The number of hydrogen-bond acceptors (Lipinski definition) is 7. The highest BCUT2D eigenvalue weighted by Crippen LogP contribution is 2.26. The summed E-state index contributed by atoms with van der Waals surface area (Å²) in [4.78, 5) is 26.7. The van der Waals surface area contributed by atoms with Gasteiger partial charge in [0.1, 0.15) is 12.3 Å². The van der Waals surface area contributed by atoms with Crippen LogP contribution in [0.2, 0.25) is 5.02 Å². The summed E-state index contributed by atoms with van der Waals surface area (Å²) in [5.74, 6) is -0.234. The Labute approximate surface area is 238 Å². The number of rotatable bonds is 10. The molecule has 0 aliphatic carbocycles. The molecule has 3 aromatic rings. The Balaban J connectivity index is 1.37. The number of sulfonamides is 1. The van der Waals surface area contributed by atoms with Crippen molar-refractivity contribution < 1.29 is 27.5 Å². The fourth-order valence-corrected chi connectivity index (χ4v) is 5.42. The number of anilines is 1. The molecule has 0 spiro atoms. The first-order chi connectivity index (χ1) is 19.2. The molecule has 12 heteroatoms. The molecule has 1 saturated heterocycles. The first-order valence-electron chi connectivity index (χ1n) is 12.5. The molecule has 1 heterocycles. The quantitative estimate of drug-likeness (QED) is 0.289. The predicted octanol–water partition coefficient (Wildman–Crippen LogP) is 3.23. The molecule has 3 aromatic carbocycles. The van der Waals surface area contributed by atoms with Crippen LogP contribution < -0.4 is 14.5 Å². The zero-order chi connectivity index (χ0) is 28.5.